The van der Waals surface area contributed by atoms with Crippen LogP contribution in [0.2, 0.25) is 0 Å². The van der Waals surface area contributed by atoms with Gasteiger partial charge in [-0.2, -0.15) is 0 Å². The molecule has 128 heavy (non-hydrogen) atoms. The van der Waals surface area contributed by atoms with Gasteiger partial charge in [0.15, 0.2) is 0 Å². The van der Waals surface area contributed by atoms with Crippen LogP contribution in [0.5, 0.6) is 0 Å². The summed E-state index contributed by atoms with van der Waals surface area (Å²) in [6.07, 6.45) is 38.3. The van der Waals surface area contributed by atoms with Crippen LogP contribution < -0.4 is 0 Å². The van der Waals surface area contributed by atoms with Gasteiger partial charge >= 0.3 is 0 Å². The normalized spacial score (nSPS) is 19.6. The van der Waals surface area contributed by atoms with E-state index in [0.29, 0.717) is 28.2 Å². The van der Waals surface area contributed by atoms with Crippen molar-refractivity contribution in [2.45, 2.75) is 438 Å². The Bertz CT molecular complexity index is 5730. The summed E-state index contributed by atoms with van der Waals surface area (Å²) >= 11 is 0. The van der Waals surface area contributed by atoms with Crippen LogP contribution in [0.3, 0.4) is 0 Å². The molecule has 6 aliphatic carbocycles. The second kappa shape index (κ2) is 47.5. The molecule has 0 bridgehead atoms. The van der Waals surface area contributed by atoms with Crippen LogP contribution in [0.1, 0.15) is 500 Å². The number of rotatable bonds is 10. The van der Waals surface area contributed by atoms with Crippen molar-refractivity contribution in [3.63, 3.8) is 0 Å². The topological polar surface area (TPSA) is 0 Å². The van der Waals surface area contributed by atoms with Crippen molar-refractivity contribution in [1.29, 1.82) is 0 Å². The van der Waals surface area contributed by atoms with E-state index in [-0.39, 0.29) is 127 Å². The molecule has 0 aromatic heterocycles. The van der Waals surface area contributed by atoms with Crippen LogP contribution in [0.15, 0.2) is 236 Å². The van der Waals surface area contributed by atoms with Gasteiger partial charge in [-0.05, 0) is 275 Å². The number of hydrogen-bond donors (Lipinski definition) is 0. The van der Waals surface area contributed by atoms with Gasteiger partial charge in [0.2, 0.25) is 0 Å². The molecule has 0 heteroatoms. The quantitative estimate of drug-likeness (QED) is 0.128. The van der Waals surface area contributed by atoms with Crippen molar-refractivity contribution in [1.82, 2.24) is 0 Å². The summed E-state index contributed by atoms with van der Waals surface area (Å²) in [5, 5.41) is 0. The van der Waals surface area contributed by atoms with Crippen molar-refractivity contribution in [3.05, 3.63) is 320 Å². The maximum atomic E-state index is 9.20. The first-order valence-corrected chi connectivity index (χ1v) is 50.2. The monoisotopic (exact) mass is 1730 g/mol. The molecule has 0 amide bonds. The molecule has 10 aromatic carbocycles. The van der Waals surface area contributed by atoms with Gasteiger partial charge in [0.25, 0.3) is 0 Å². The number of benzene rings is 10. The Morgan fingerprint density at radius 2 is 0.523 bits per heavy atom. The fraction of sp³-hybridized carbons (Fsp3) is 0.531. The van der Waals surface area contributed by atoms with Crippen LogP contribution in [-0.2, 0) is 37.9 Å². The largest absolute Gasteiger partial charge is 0.0632 e. The second-order valence-electron chi connectivity index (χ2n) is 45.4. The zero-order valence-corrected chi connectivity index (χ0v) is 84.5. The second-order valence-corrected chi connectivity index (χ2v) is 45.4. The van der Waals surface area contributed by atoms with Gasteiger partial charge in [0.05, 0.1) is 19.2 Å². The van der Waals surface area contributed by atoms with Gasteiger partial charge in [-0.3, -0.25) is 0 Å². The molecule has 0 atom stereocenters. The van der Waals surface area contributed by atoms with Gasteiger partial charge in [0.1, 0.15) is 0 Å². The van der Waals surface area contributed by atoms with Crippen LogP contribution in [0.25, 0.3) is 33.4 Å². The fourth-order valence-electron chi connectivity index (χ4n) is 21.2. The molecule has 0 saturated heterocycles. The molecule has 16 rings (SSSR count). The summed E-state index contributed by atoms with van der Waals surface area (Å²) < 4.78 is 141. The summed E-state index contributed by atoms with van der Waals surface area (Å²) in [5.74, 6) is 1.88. The maximum Gasteiger partial charge on any atom is 0.0632 e. The van der Waals surface area contributed by atoms with Gasteiger partial charge in [-0.1, -0.05) is 517 Å². The molecule has 6 aliphatic rings. The first-order chi connectivity index (χ1) is 67.7. The van der Waals surface area contributed by atoms with Crippen LogP contribution in [0, 0.1) is 6.92 Å². The predicted molar refractivity (Wildman–Crippen MR) is 566 cm³/mol. The first-order valence-electron chi connectivity index (χ1n) is 58.7. The highest BCUT2D eigenvalue weighted by Crippen LogP contribution is 2.49. The highest BCUT2D eigenvalue weighted by atomic mass is 14.4. The molecular formula is C128H178. The highest BCUT2D eigenvalue weighted by Gasteiger charge is 2.34. The van der Waals surface area contributed by atoms with E-state index in [1.165, 1.54) is 193 Å². The molecule has 0 radical (unpaired) electrons. The minimum Gasteiger partial charge on any atom is -0.0622 e. The zero-order chi connectivity index (χ0) is 107. The van der Waals surface area contributed by atoms with Gasteiger partial charge < -0.3 is 0 Å². The van der Waals surface area contributed by atoms with E-state index < -0.39 is 35.3 Å². The SMILES string of the molecule is CC(C)(C)c1c(C2CCCCC2)cccc1C1CCCCC1.CC(C)(C)c1ccccc1C1CCCCC1.CC(C)c1ccccc1C(C)(C)C.[2H]C1(c2cccc(C3([2H])CCCCC3)c2C(C)(C)C)CCCCC1.[2H]C1(c2ccccc2C(C)(C)C)CCCCC1.[2H]c1c([2H])c([2H])c(-c2cccc(-c3c([2H])c([2H])c([2H])c(C)c3[2H])c2C(C)(C)C)c([2H])c1[2H].[2H]c1c([2H])c([2H])c(-c2ccccc2C(C)(C)C)c([2H])c1[2H]. The van der Waals surface area contributed by atoms with Crippen molar-refractivity contribution >= 4 is 0 Å². The third-order valence-corrected chi connectivity index (χ3v) is 27.3. The Labute approximate surface area is 810 Å². The van der Waals surface area contributed by atoms with E-state index in [4.69, 9.17) is 20.6 Å². The zero-order valence-electron chi connectivity index (χ0n) is 101. The highest BCUT2D eigenvalue weighted by molar-refractivity contribution is 5.80. The van der Waals surface area contributed by atoms with Gasteiger partial charge in [-0.15, -0.1) is 0 Å². The molecule has 0 unspecified atom stereocenters. The summed E-state index contributed by atoms with van der Waals surface area (Å²) in [4.78, 5) is 0. The maximum absolute atomic E-state index is 9.20. The Morgan fingerprint density at radius 3 is 0.914 bits per heavy atom. The molecule has 0 aliphatic heterocycles. The lowest BCUT2D eigenvalue weighted by Gasteiger charge is -2.35. The van der Waals surface area contributed by atoms with Crippen molar-refractivity contribution in [2.75, 3.05) is 0 Å². The third-order valence-electron chi connectivity index (χ3n) is 27.3. The van der Waals surface area contributed by atoms with E-state index in [1.54, 1.807) is 52.9 Å². The Morgan fingerprint density at radius 1 is 0.242 bits per heavy atom. The average Bonchev–Trinajstić information content (AvgIpc) is 0.759. The molecule has 10 aromatic rings. The van der Waals surface area contributed by atoms with Crippen LogP contribution >= 0.6 is 0 Å². The molecule has 0 heterocycles. The third kappa shape index (κ3) is 29.6. The van der Waals surface area contributed by atoms with Gasteiger partial charge in [-0.25, -0.2) is 0 Å². The van der Waals surface area contributed by atoms with Crippen molar-refractivity contribution in [3.8, 4) is 33.4 Å². The molecule has 690 valence electrons. The molecule has 0 spiro atoms. The number of hydrogen-bond acceptors (Lipinski definition) is 0. The Balaban J connectivity index is 0.000000176. The summed E-state index contributed by atoms with van der Waals surface area (Å²) in [6, 6.07) is 48.8. The Hall–Kier alpha value is -7.80. The van der Waals surface area contributed by atoms with Crippen molar-refractivity contribution < 1.29 is 23.3 Å². The smallest absolute Gasteiger partial charge is 0.0622 e. The van der Waals surface area contributed by atoms with Gasteiger partial charge in [0, 0.05) is 4.11 Å². The van der Waals surface area contributed by atoms with Crippen LogP contribution in [-0.4, -0.2) is 0 Å². The lowest BCUT2D eigenvalue weighted by molar-refractivity contribution is 0.420. The summed E-state index contributed by atoms with van der Waals surface area (Å²) in [5.41, 5.74) is 21.8. The van der Waals surface area contributed by atoms with E-state index >= 15 is 0 Å². The van der Waals surface area contributed by atoms with Crippen LogP contribution in [0.4, 0.5) is 0 Å². The first kappa shape index (κ1) is 79.9. The standard InChI is InChI=1S/C23H24.2C22H34.2C16H24.C16H18.C13H20/c1-17-10-8-13-19(16-17)21-15-9-14-20(22(21)23(2,3)4)18-11-6-5-7-12-18;2*1-22(2,3)21-19(17-11-6-4-7-12-17)15-10-16-20(21)18-13-8-5-9-14-18;3*1-16(2,3)15-12-8-7-11-14(15)13-9-5-4-6-10-13;1-10(2)11-8-6-7-9-12(11)13(3,4)5/h5-16H,1-4H3;2*10,15-18H,4-9,11-14H2,1-3H3;2*7-8,11-13H,4-6,9-10H2,1-3H3;4-12H,1-3H3;6-10H,1-5H3/i5D,6D,7D,8D,10D,11D,12D,13D,16D;17D,18D;;13D;;4D,5D,6D,9D,10D;. The summed E-state index contributed by atoms with van der Waals surface area (Å²) in [6.45, 7) is 52.6. The lowest BCUT2D eigenvalue weighted by Crippen LogP contribution is -2.22. The van der Waals surface area contributed by atoms with E-state index in [9.17, 15) is 2.74 Å². The molecule has 0 nitrogen and oxygen atoms in total. The van der Waals surface area contributed by atoms with E-state index in [2.05, 4.69) is 227 Å². The van der Waals surface area contributed by atoms with E-state index in [1.807, 2.05) is 65.8 Å². The fourth-order valence-corrected chi connectivity index (χ4v) is 21.2. The molecule has 6 saturated carbocycles. The van der Waals surface area contributed by atoms with Crippen molar-refractivity contribution in [2.24, 2.45) is 0 Å². The lowest BCUT2D eigenvalue weighted by atomic mass is 9.70. The van der Waals surface area contributed by atoms with E-state index in [0.717, 1.165) is 61.8 Å². The molecule has 0 N–H and O–H groups in total. The average molecular weight is 1730 g/mol. The minimum absolute atomic E-state index is 0.0110. The summed E-state index contributed by atoms with van der Waals surface area (Å²) in [7, 11) is 0. The Kier molecular flexibility index (Phi) is 29.7. The minimum atomic E-state index is -0.594. The predicted octanol–water partition coefficient (Wildman–Crippen LogP) is 39.6. The molecular weight excluding hydrogens is 1540 g/mol. The molecule has 6 fully saturated rings.